The van der Waals surface area contributed by atoms with E-state index >= 15 is 0 Å². The molecular formula is C14H14Cl2N2O4S. The highest BCUT2D eigenvalue weighted by Gasteiger charge is 2.32. The molecule has 9 heteroatoms. The zero-order chi connectivity index (χ0) is 17.0. The van der Waals surface area contributed by atoms with Crippen LogP contribution in [-0.2, 0) is 19.4 Å². The van der Waals surface area contributed by atoms with Crippen molar-refractivity contribution >= 4 is 50.9 Å². The Balaban J connectivity index is 1.88. The highest BCUT2D eigenvalue weighted by molar-refractivity contribution is 7.91. The number of carbonyl (C=O) groups is 2. The van der Waals surface area contributed by atoms with Crippen molar-refractivity contribution in [1.29, 1.82) is 0 Å². The minimum Gasteiger partial charge on any atom is -0.273 e. The van der Waals surface area contributed by atoms with Crippen LogP contribution in [0, 0.1) is 5.92 Å². The summed E-state index contributed by atoms with van der Waals surface area (Å²) in [5.74, 6) is -1.95. The van der Waals surface area contributed by atoms with E-state index in [4.69, 9.17) is 23.2 Å². The molecule has 124 valence electrons. The normalized spacial score (nSPS) is 19.7. The Morgan fingerprint density at radius 1 is 1.17 bits per heavy atom. The molecule has 1 fully saturated rings. The van der Waals surface area contributed by atoms with Crippen LogP contribution in [0.3, 0.4) is 0 Å². The molecule has 0 radical (unpaired) electrons. The van der Waals surface area contributed by atoms with Crippen molar-refractivity contribution in [3.63, 3.8) is 0 Å². The van der Waals surface area contributed by atoms with E-state index in [0.717, 1.165) is 0 Å². The maximum atomic E-state index is 11.8. The van der Waals surface area contributed by atoms with E-state index < -0.39 is 27.6 Å². The number of sulfone groups is 1. The van der Waals surface area contributed by atoms with Gasteiger partial charge in [-0.1, -0.05) is 29.3 Å². The lowest BCUT2D eigenvalue weighted by molar-refractivity contribution is -0.129. The van der Waals surface area contributed by atoms with Gasteiger partial charge >= 0.3 is 0 Å². The molecule has 0 unspecified atom stereocenters. The van der Waals surface area contributed by atoms with Crippen LogP contribution in [-0.4, -0.2) is 31.7 Å². The Morgan fingerprint density at radius 3 is 2.39 bits per heavy atom. The second-order valence-corrected chi connectivity index (χ2v) is 8.09. The Labute approximate surface area is 143 Å². The summed E-state index contributed by atoms with van der Waals surface area (Å²) >= 11 is 11.9. The van der Waals surface area contributed by atoms with Gasteiger partial charge in [0.15, 0.2) is 9.84 Å². The quantitative estimate of drug-likeness (QED) is 0.618. The topological polar surface area (TPSA) is 92.3 Å². The molecular weight excluding hydrogens is 363 g/mol. The third-order valence-electron chi connectivity index (χ3n) is 3.31. The smallest absolute Gasteiger partial charge is 0.262 e. The van der Waals surface area contributed by atoms with Crippen LogP contribution in [0.5, 0.6) is 0 Å². The van der Waals surface area contributed by atoms with Gasteiger partial charge in [0.25, 0.3) is 5.91 Å². The largest absolute Gasteiger partial charge is 0.273 e. The first kappa shape index (κ1) is 17.8. The molecule has 0 aliphatic carbocycles. The fourth-order valence-corrected chi connectivity index (χ4v) is 4.36. The summed E-state index contributed by atoms with van der Waals surface area (Å²) in [6.07, 6.45) is 2.85. The van der Waals surface area contributed by atoms with Gasteiger partial charge in [-0.15, -0.1) is 0 Å². The Morgan fingerprint density at radius 2 is 1.83 bits per heavy atom. The van der Waals surface area contributed by atoms with Crippen LogP contribution in [0.1, 0.15) is 12.0 Å². The Hall–Kier alpha value is -1.57. The van der Waals surface area contributed by atoms with Crippen molar-refractivity contribution in [3.05, 3.63) is 39.9 Å². The summed E-state index contributed by atoms with van der Waals surface area (Å²) in [5.41, 5.74) is 4.88. The van der Waals surface area contributed by atoms with Crippen molar-refractivity contribution < 1.29 is 18.0 Å². The third kappa shape index (κ3) is 4.95. The molecule has 1 aliphatic rings. The van der Waals surface area contributed by atoms with Crippen LogP contribution >= 0.6 is 23.2 Å². The average molecular weight is 377 g/mol. The molecule has 1 saturated heterocycles. The van der Waals surface area contributed by atoms with Gasteiger partial charge in [0.1, 0.15) is 0 Å². The van der Waals surface area contributed by atoms with Crippen LogP contribution < -0.4 is 10.9 Å². The van der Waals surface area contributed by atoms with Gasteiger partial charge < -0.3 is 0 Å². The van der Waals surface area contributed by atoms with Crippen LogP contribution in [0.4, 0.5) is 0 Å². The minimum absolute atomic E-state index is 0.00998. The molecule has 0 saturated carbocycles. The van der Waals surface area contributed by atoms with Gasteiger partial charge in [-0.2, -0.15) is 0 Å². The molecule has 2 amide bonds. The number of halogens is 2. The summed E-state index contributed by atoms with van der Waals surface area (Å²) in [6.45, 7) is 0. The molecule has 0 aromatic heterocycles. The van der Waals surface area contributed by atoms with Gasteiger partial charge in [0.05, 0.1) is 17.4 Å². The number of carbonyl (C=O) groups excluding carboxylic acids is 2. The molecule has 0 bridgehead atoms. The Kier molecular flexibility index (Phi) is 5.67. The summed E-state index contributed by atoms with van der Waals surface area (Å²) in [6, 6.07) is 4.94. The van der Waals surface area contributed by atoms with E-state index in [-0.39, 0.29) is 17.9 Å². The maximum Gasteiger partial charge on any atom is 0.262 e. The SMILES string of the molecule is O=C(/C=C/c1c(Cl)cccc1Cl)NNC(=O)[C@@H]1CCS(=O)(=O)C1. The number of hydrogen-bond donors (Lipinski definition) is 2. The van der Waals surface area contributed by atoms with E-state index in [1.807, 2.05) is 0 Å². The van der Waals surface area contributed by atoms with Gasteiger partial charge in [-0.3, -0.25) is 20.4 Å². The number of nitrogens with one attached hydrogen (secondary N) is 2. The zero-order valence-electron chi connectivity index (χ0n) is 11.9. The van der Waals surface area contributed by atoms with Gasteiger partial charge in [0.2, 0.25) is 5.91 Å². The third-order valence-corrected chi connectivity index (χ3v) is 5.74. The first-order valence-electron chi connectivity index (χ1n) is 6.71. The van der Waals surface area contributed by atoms with E-state index in [1.165, 1.54) is 12.2 Å². The van der Waals surface area contributed by atoms with E-state index in [2.05, 4.69) is 10.9 Å². The summed E-state index contributed by atoms with van der Waals surface area (Å²) in [5, 5.41) is 0.781. The summed E-state index contributed by atoms with van der Waals surface area (Å²) in [4.78, 5) is 23.4. The molecule has 1 aromatic rings. The second-order valence-electron chi connectivity index (χ2n) is 5.05. The van der Waals surface area contributed by atoms with Crippen molar-refractivity contribution in [2.24, 2.45) is 5.92 Å². The fraction of sp³-hybridized carbons (Fsp3) is 0.286. The van der Waals surface area contributed by atoms with Crippen molar-refractivity contribution in [2.75, 3.05) is 11.5 Å². The first-order chi connectivity index (χ1) is 10.8. The van der Waals surface area contributed by atoms with Gasteiger partial charge in [0, 0.05) is 21.7 Å². The van der Waals surface area contributed by atoms with Gasteiger partial charge in [-0.05, 0) is 24.6 Å². The van der Waals surface area contributed by atoms with Crippen molar-refractivity contribution in [1.82, 2.24) is 10.9 Å². The monoisotopic (exact) mass is 376 g/mol. The van der Waals surface area contributed by atoms with Crippen LogP contribution in [0.25, 0.3) is 6.08 Å². The molecule has 6 nitrogen and oxygen atoms in total. The van der Waals surface area contributed by atoms with Crippen molar-refractivity contribution in [2.45, 2.75) is 6.42 Å². The van der Waals surface area contributed by atoms with Gasteiger partial charge in [-0.25, -0.2) is 8.42 Å². The molecule has 1 atom stereocenters. The van der Waals surface area contributed by atoms with Crippen LogP contribution in [0.2, 0.25) is 10.0 Å². The van der Waals surface area contributed by atoms with Crippen LogP contribution in [0.15, 0.2) is 24.3 Å². The number of hydrogen-bond acceptors (Lipinski definition) is 4. The fourth-order valence-electron chi connectivity index (χ4n) is 2.10. The zero-order valence-corrected chi connectivity index (χ0v) is 14.2. The highest BCUT2D eigenvalue weighted by atomic mass is 35.5. The highest BCUT2D eigenvalue weighted by Crippen LogP contribution is 2.25. The molecule has 1 aliphatic heterocycles. The van der Waals surface area contributed by atoms with Crippen molar-refractivity contribution in [3.8, 4) is 0 Å². The summed E-state index contributed by atoms with van der Waals surface area (Å²) in [7, 11) is -3.15. The molecule has 0 spiro atoms. The van der Waals surface area contributed by atoms with E-state index in [0.29, 0.717) is 15.6 Å². The van der Waals surface area contributed by atoms with E-state index in [9.17, 15) is 18.0 Å². The Bertz CT molecular complexity index is 742. The molecule has 1 heterocycles. The molecule has 2 N–H and O–H groups in total. The second kappa shape index (κ2) is 7.33. The lowest BCUT2D eigenvalue weighted by atomic mass is 10.1. The average Bonchev–Trinajstić information content (AvgIpc) is 2.84. The maximum absolute atomic E-state index is 11.8. The lowest BCUT2D eigenvalue weighted by Crippen LogP contribution is -2.44. The minimum atomic E-state index is -3.15. The molecule has 23 heavy (non-hydrogen) atoms. The molecule has 2 rings (SSSR count). The summed E-state index contributed by atoms with van der Waals surface area (Å²) < 4.78 is 22.6. The number of amides is 2. The predicted molar refractivity (Wildman–Crippen MR) is 88.5 cm³/mol. The number of benzene rings is 1. The number of hydrazine groups is 1. The number of rotatable bonds is 3. The lowest BCUT2D eigenvalue weighted by Gasteiger charge is -2.09. The van der Waals surface area contributed by atoms with E-state index in [1.54, 1.807) is 18.2 Å². The molecule has 1 aromatic carbocycles. The first-order valence-corrected chi connectivity index (χ1v) is 9.28. The predicted octanol–water partition coefficient (Wildman–Crippen LogP) is 1.59. The standard InChI is InChI=1S/C14H14Cl2N2O4S/c15-11-2-1-3-12(16)10(11)4-5-13(19)17-18-14(20)9-6-7-23(21,22)8-9/h1-5,9H,6-8H2,(H,17,19)(H,18,20)/b5-4+/t9-/m1/s1.